The van der Waals surface area contributed by atoms with Crippen molar-refractivity contribution in [2.75, 3.05) is 0 Å². The number of hydrogen-bond acceptors (Lipinski definition) is 6. The van der Waals surface area contributed by atoms with Crippen molar-refractivity contribution in [3.05, 3.63) is 72.4 Å². The van der Waals surface area contributed by atoms with Gasteiger partial charge in [0.05, 0.1) is 22.9 Å². The highest BCUT2D eigenvalue weighted by molar-refractivity contribution is 5.95. The molecule has 0 aliphatic rings. The number of nitrogens with one attached hydrogen (secondary N) is 2. The first-order valence-corrected chi connectivity index (χ1v) is 10.2. The molecule has 5 aromatic heterocycles. The van der Waals surface area contributed by atoms with Gasteiger partial charge in [-0.3, -0.25) is 10.1 Å². The molecule has 0 atom stereocenters. The van der Waals surface area contributed by atoms with Crippen molar-refractivity contribution >= 4 is 22.2 Å². The van der Waals surface area contributed by atoms with Gasteiger partial charge in [-0.05, 0) is 54.4 Å². The van der Waals surface area contributed by atoms with E-state index < -0.39 is 0 Å². The van der Waals surface area contributed by atoms with E-state index in [1.165, 1.54) is 18.3 Å². The number of benzene rings is 1. The predicted molar refractivity (Wildman–Crippen MR) is 122 cm³/mol. The minimum Gasteiger partial charge on any atom is -0.506 e. The van der Waals surface area contributed by atoms with Crippen molar-refractivity contribution in [1.29, 1.82) is 0 Å². The molecule has 1 aromatic carbocycles. The van der Waals surface area contributed by atoms with E-state index in [1.54, 1.807) is 18.5 Å². The van der Waals surface area contributed by atoms with Crippen molar-refractivity contribution < 1.29 is 9.50 Å². The van der Waals surface area contributed by atoms with E-state index in [4.69, 9.17) is 4.98 Å². The molecule has 0 saturated carbocycles. The van der Waals surface area contributed by atoms with Gasteiger partial charge in [0.25, 0.3) is 0 Å². The van der Waals surface area contributed by atoms with E-state index in [0.29, 0.717) is 39.5 Å². The maximum atomic E-state index is 14.0. The number of fused-ring (bicyclic) bond motifs is 2. The largest absolute Gasteiger partial charge is 0.506 e. The fourth-order valence-electron chi connectivity index (χ4n) is 3.95. The topological polar surface area (TPSA) is 116 Å². The minimum atomic E-state index is -0.300. The summed E-state index contributed by atoms with van der Waals surface area (Å²) in [4.78, 5) is 21.0. The SMILES string of the molecule is Cc1cc(F)cc(-c2ccnc3nc(-c4n[nH]c5ccc(-c6cncc(O)c6)nc45)[nH]c23)c1. The normalized spacial score (nSPS) is 11.5. The van der Waals surface area contributed by atoms with Crippen LogP contribution in [0.2, 0.25) is 0 Å². The summed E-state index contributed by atoms with van der Waals surface area (Å²) in [5.74, 6) is 0.250. The Morgan fingerprint density at radius 2 is 1.88 bits per heavy atom. The second-order valence-corrected chi connectivity index (χ2v) is 7.76. The van der Waals surface area contributed by atoms with Crippen LogP contribution in [0.4, 0.5) is 4.39 Å². The molecule has 9 heteroatoms. The molecule has 0 fully saturated rings. The van der Waals surface area contributed by atoms with Crippen LogP contribution in [-0.2, 0) is 0 Å². The van der Waals surface area contributed by atoms with Gasteiger partial charge >= 0.3 is 0 Å². The number of H-pyrrole nitrogens is 2. The molecule has 8 nitrogen and oxygen atoms in total. The van der Waals surface area contributed by atoms with Crippen LogP contribution >= 0.6 is 0 Å². The van der Waals surface area contributed by atoms with Gasteiger partial charge < -0.3 is 10.1 Å². The zero-order chi connectivity index (χ0) is 22.5. The van der Waals surface area contributed by atoms with Gasteiger partial charge in [0.15, 0.2) is 17.2 Å². The molecule has 3 N–H and O–H groups in total. The van der Waals surface area contributed by atoms with Gasteiger partial charge in [0.1, 0.15) is 17.1 Å². The van der Waals surface area contributed by atoms with E-state index in [-0.39, 0.29) is 11.6 Å². The fraction of sp³-hybridized carbons (Fsp3) is 0.0417. The highest BCUT2D eigenvalue weighted by Crippen LogP contribution is 2.32. The molecule has 0 radical (unpaired) electrons. The Morgan fingerprint density at radius 3 is 2.73 bits per heavy atom. The van der Waals surface area contributed by atoms with Gasteiger partial charge in [0.2, 0.25) is 0 Å². The Labute approximate surface area is 186 Å². The maximum absolute atomic E-state index is 14.0. The van der Waals surface area contributed by atoms with Crippen LogP contribution in [0.25, 0.3) is 56.1 Å². The van der Waals surface area contributed by atoms with E-state index in [0.717, 1.165) is 22.2 Å². The molecule has 0 spiro atoms. The lowest BCUT2D eigenvalue weighted by Crippen LogP contribution is -1.88. The second-order valence-electron chi connectivity index (χ2n) is 7.76. The van der Waals surface area contributed by atoms with Gasteiger partial charge in [0, 0.05) is 23.5 Å². The van der Waals surface area contributed by atoms with Gasteiger partial charge in [-0.2, -0.15) is 5.10 Å². The summed E-state index contributed by atoms with van der Waals surface area (Å²) in [6.45, 7) is 1.85. The third-order valence-corrected chi connectivity index (χ3v) is 5.40. The smallest absolute Gasteiger partial charge is 0.178 e. The third kappa shape index (κ3) is 3.26. The molecule has 0 bridgehead atoms. The Balaban J connectivity index is 1.51. The molecule has 0 saturated heterocycles. The number of aromatic nitrogens is 7. The summed E-state index contributed by atoms with van der Waals surface area (Å²) in [6.07, 6.45) is 4.65. The third-order valence-electron chi connectivity index (χ3n) is 5.40. The van der Waals surface area contributed by atoms with E-state index in [1.807, 2.05) is 31.2 Å². The molecule has 0 aliphatic carbocycles. The summed E-state index contributed by atoms with van der Waals surface area (Å²) in [5, 5.41) is 17.1. The molecule has 6 rings (SSSR count). The monoisotopic (exact) mass is 437 g/mol. The van der Waals surface area contributed by atoms with Crippen LogP contribution in [0.5, 0.6) is 5.75 Å². The lowest BCUT2D eigenvalue weighted by atomic mass is 10.0. The van der Waals surface area contributed by atoms with E-state index in [2.05, 4.69) is 30.1 Å². The molecule has 0 unspecified atom stereocenters. The average Bonchev–Trinajstić information content (AvgIpc) is 3.41. The van der Waals surface area contributed by atoms with Crippen LogP contribution in [0.1, 0.15) is 5.56 Å². The van der Waals surface area contributed by atoms with Gasteiger partial charge in [-0.25, -0.2) is 19.3 Å². The van der Waals surface area contributed by atoms with E-state index >= 15 is 0 Å². The highest BCUT2D eigenvalue weighted by atomic mass is 19.1. The van der Waals surface area contributed by atoms with Gasteiger partial charge in [-0.1, -0.05) is 6.07 Å². The summed E-state index contributed by atoms with van der Waals surface area (Å²) >= 11 is 0. The first kappa shape index (κ1) is 19.1. The van der Waals surface area contributed by atoms with Crippen molar-refractivity contribution in [2.45, 2.75) is 6.92 Å². The Kier molecular flexibility index (Phi) is 4.16. The molecular formula is C24H16FN7O. The summed E-state index contributed by atoms with van der Waals surface area (Å²) in [6, 6.07) is 12.0. The molecule has 6 aromatic rings. The van der Waals surface area contributed by atoms with Crippen LogP contribution in [-0.4, -0.2) is 40.2 Å². The summed E-state index contributed by atoms with van der Waals surface area (Å²) in [7, 11) is 0. The molecule has 0 aliphatic heterocycles. The minimum absolute atomic E-state index is 0.0605. The zero-order valence-corrected chi connectivity index (χ0v) is 17.3. The number of nitrogens with zero attached hydrogens (tertiary/aromatic N) is 5. The van der Waals surface area contributed by atoms with Crippen molar-refractivity contribution in [1.82, 2.24) is 35.1 Å². The fourth-order valence-corrected chi connectivity index (χ4v) is 3.95. The van der Waals surface area contributed by atoms with Crippen molar-refractivity contribution in [2.24, 2.45) is 0 Å². The number of aryl methyl sites for hydroxylation is 1. The van der Waals surface area contributed by atoms with Crippen LogP contribution in [0, 0.1) is 12.7 Å². The van der Waals surface area contributed by atoms with Crippen LogP contribution < -0.4 is 0 Å². The van der Waals surface area contributed by atoms with Crippen LogP contribution in [0.3, 0.4) is 0 Å². The number of aromatic hydroxyl groups is 1. The molecule has 160 valence electrons. The quantitative estimate of drug-likeness (QED) is 0.367. The highest BCUT2D eigenvalue weighted by Gasteiger charge is 2.17. The summed E-state index contributed by atoms with van der Waals surface area (Å²) in [5.41, 5.74) is 6.72. The maximum Gasteiger partial charge on any atom is 0.178 e. The zero-order valence-electron chi connectivity index (χ0n) is 17.3. The number of halogens is 1. The summed E-state index contributed by atoms with van der Waals surface area (Å²) < 4.78 is 14.0. The Bertz CT molecular complexity index is 1650. The standard InChI is InChI=1S/C24H16FN7O/c1-12-6-13(8-15(25)7-12)17-4-5-27-23-20(17)29-24(30-23)22-21-19(31-32-22)3-2-18(28-21)14-9-16(33)11-26-10-14/h2-11,33H,1H3,(H,31,32)(H,27,29,30). The number of hydrogen-bond donors (Lipinski definition) is 3. The first-order valence-electron chi connectivity index (χ1n) is 10.2. The Hall–Kier alpha value is -4.66. The average molecular weight is 437 g/mol. The van der Waals surface area contributed by atoms with Gasteiger partial charge in [-0.15, -0.1) is 0 Å². The molecule has 0 amide bonds. The number of imidazole rings is 1. The molecule has 5 heterocycles. The Morgan fingerprint density at radius 1 is 0.970 bits per heavy atom. The van der Waals surface area contributed by atoms with E-state index in [9.17, 15) is 9.50 Å². The lowest BCUT2D eigenvalue weighted by molar-refractivity contribution is 0.473. The lowest BCUT2D eigenvalue weighted by Gasteiger charge is -2.04. The number of aromatic amines is 2. The number of rotatable bonds is 3. The first-order chi connectivity index (χ1) is 16.0. The van der Waals surface area contributed by atoms with Crippen LogP contribution in [0.15, 0.2) is 61.1 Å². The van der Waals surface area contributed by atoms with Crippen molar-refractivity contribution in [3.63, 3.8) is 0 Å². The molecular weight excluding hydrogens is 421 g/mol. The predicted octanol–water partition coefficient (Wildman–Crippen LogP) is 4.78. The van der Waals surface area contributed by atoms with Crippen molar-refractivity contribution in [3.8, 4) is 39.7 Å². The number of pyridine rings is 3. The molecule has 33 heavy (non-hydrogen) atoms. The second kappa shape index (κ2) is 7.20.